The lowest BCUT2D eigenvalue weighted by molar-refractivity contribution is -0.118. The molecule has 3 fully saturated rings. The summed E-state index contributed by atoms with van der Waals surface area (Å²) in [4.78, 5) is 17.2. The molecule has 1 saturated carbocycles. The van der Waals surface area contributed by atoms with Gasteiger partial charge in [-0.2, -0.15) is 0 Å². The highest BCUT2D eigenvalue weighted by molar-refractivity contribution is 5.91. The number of benzene rings is 1. The zero-order valence-corrected chi connectivity index (χ0v) is 15.0. The lowest BCUT2D eigenvalue weighted by atomic mass is 10.1. The number of hydrogen-bond donors (Lipinski definition) is 1. The zero-order chi connectivity index (χ0) is 17.1. The smallest absolute Gasteiger partial charge is 0.226 e. The zero-order valence-electron chi connectivity index (χ0n) is 15.0. The van der Waals surface area contributed by atoms with Gasteiger partial charge in [-0.3, -0.25) is 9.69 Å². The largest absolute Gasteiger partial charge is 0.378 e. The Morgan fingerprint density at radius 1 is 1.16 bits per heavy atom. The van der Waals surface area contributed by atoms with Gasteiger partial charge in [0.05, 0.1) is 12.5 Å². The molecular weight excluding hydrogens is 314 g/mol. The summed E-state index contributed by atoms with van der Waals surface area (Å²) < 4.78 is 5.55. The van der Waals surface area contributed by atoms with Crippen molar-refractivity contribution in [3.05, 3.63) is 24.3 Å². The molecular formula is C20H29N3O2. The summed E-state index contributed by atoms with van der Waals surface area (Å²) in [5, 5.41) is 3.04. The van der Waals surface area contributed by atoms with Gasteiger partial charge in [-0.15, -0.1) is 0 Å². The van der Waals surface area contributed by atoms with Crippen molar-refractivity contribution in [3.8, 4) is 0 Å². The van der Waals surface area contributed by atoms with Crippen molar-refractivity contribution in [2.75, 3.05) is 49.5 Å². The van der Waals surface area contributed by atoms with Gasteiger partial charge >= 0.3 is 0 Å². The Morgan fingerprint density at radius 3 is 2.72 bits per heavy atom. The van der Waals surface area contributed by atoms with E-state index in [2.05, 4.69) is 27.2 Å². The normalized spacial score (nSPS) is 24.5. The van der Waals surface area contributed by atoms with Crippen LogP contribution in [0, 0.1) is 5.92 Å². The van der Waals surface area contributed by atoms with Crippen LogP contribution in [0.15, 0.2) is 24.3 Å². The summed E-state index contributed by atoms with van der Waals surface area (Å²) in [6, 6.07) is 8.25. The number of nitrogens with zero attached hydrogens (tertiary/aromatic N) is 2. The van der Waals surface area contributed by atoms with Gasteiger partial charge < -0.3 is 15.0 Å². The van der Waals surface area contributed by atoms with Crippen molar-refractivity contribution >= 4 is 17.3 Å². The third kappa shape index (κ3) is 4.73. The minimum absolute atomic E-state index is 0.0540. The van der Waals surface area contributed by atoms with Gasteiger partial charge in [0.25, 0.3) is 0 Å². The summed E-state index contributed by atoms with van der Waals surface area (Å²) in [6.07, 6.45) is 5.48. The van der Waals surface area contributed by atoms with Crippen LogP contribution in [0.5, 0.6) is 0 Å². The van der Waals surface area contributed by atoms with E-state index in [1.165, 1.54) is 25.1 Å². The van der Waals surface area contributed by atoms with Gasteiger partial charge in [0.15, 0.2) is 0 Å². The topological polar surface area (TPSA) is 44.8 Å². The van der Waals surface area contributed by atoms with Crippen molar-refractivity contribution in [2.24, 2.45) is 5.92 Å². The first-order valence-electron chi connectivity index (χ1n) is 9.75. The number of ether oxygens (including phenoxy) is 1. The molecule has 1 amide bonds. The number of rotatable bonds is 6. The van der Waals surface area contributed by atoms with Crippen molar-refractivity contribution in [3.63, 3.8) is 0 Å². The number of hydrogen-bond acceptors (Lipinski definition) is 4. The monoisotopic (exact) mass is 343 g/mol. The summed E-state index contributed by atoms with van der Waals surface area (Å²) in [6.45, 7) is 6.51. The fraction of sp³-hybridized carbons (Fsp3) is 0.650. The van der Waals surface area contributed by atoms with Crippen molar-refractivity contribution in [1.29, 1.82) is 0 Å². The van der Waals surface area contributed by atoms with Crippen LogP contribution in [-0.4, -0.2) is 56.2 Å². The van der Waals surface area contributed by atoms with E-state index in [9.17, 15) is 4.79 Å². The second-order valence-electron chi connectivity index (χ2n) is 7.67. The summed E-state index contributed by atoms with van der Waals surface area (Å²) in [5.74, 6) is 1.02. The van der Waals surface area contributed by atoms with E-state index < -0.39 is 0 Å². The molecule has 25 heavy (non-hydrogen) atoms. The van der Waals surface area contributed by atoms with Gasteiger partial charge in [-0.25, -0.2) is 0 Å². The Balaban J connectivity index is 1.29. The average molecular weight is 343 g/mol. The molecule has 1 aliphatic carbocycles. The van der Waals surface area contributed by atoms with Crippen LogP contribution in [0.25, 0.3) is 0 Å². The molecule has 0 radical (unpaired) electrons. The van der Waals surface area contributed by atoms with E-state index in [-0.39, 0.29) is 12.0 Å². The predicted molar refractivity (Wildman–Crippen MR) is 100 cm³/mol. The van der Waals surface area contributed by atoms with E-state index >= 15 is 0 Å². The van der Waals surface area contributed by atoms with Gasteiger partial charge in [-0.1, -0.05) is 6.07 Å². The third-order valence-corrected chi connectivity index (χ3v) is 5.52. The number of nitrogens with one attached hydrogen (secondary N) is 1. The average Bonchev–Trinajstić information content (AvgIpc) is 3.29. The van der Waals surface area contributed by atoms with E-state index in [0.29, 0.717) is 6.42 Å². The van der Waals surface area contributed by atoms with Crippen molar-refractivity contribution in [1.82, 2.24) is 4.90 Å². The highest BCUT2D eigenvalue weighted by Crippen LogP contribution is 2.30. The molecule has 136 valence electrons. The maximum atomic E-state index is 12.2. The molecule has 0 unspecified atom stereocenters. The fourth-order valence-corrected chi connectivity index (χ4v) is 3.86. The molecule has 5 heteroatoms. The Labute approximate surface area is 150 Å². The standard InChI is InChI=1S/C20H29N3O2/c24-20(14-19-5-2-12-25-19)21-17-3-1-4-18(13-17)23-10-8-22(9-11-23)15-16-6-7-16/h1,3-4,13,16,19H,2,5-12,14-15H2,(H,21,24)/t19-/m1/s1. The Hall–Kier alpha value is -1.59. The fourth-order valence-electron chi connectivity index (χ4n) is 3.86. The highest BCUT2D eigenvalue weighted by Gasteiger charge is 2.26. The predicted octanol–water partition coefficient (Wildman–Crippen LogP) is 2.73. The molecule has 2 heterocycles. The van der Waals surface area contributed by atoms with Crippen LogP contribution in [0.3, 0.4) is 0 Å². The number of anilines is 2. The van der Waals surface area contributed by atoms with Crippen LogP contribution < -0.4 is 10.2 Å². The lowest BCUT2D eigenvalue weighted by Crippen LogP contribution is -2.47. The Kier molecular flexibility index (Phi) is 5.22. The van der Waals surface area contributed by atoms with E-state index in [1.54, 1.807) is 0 Å². The van der Waals surface area contributed by atoms with Crippen LogP contribution in [0.4, 0.5) is 11.4 Å². The first-order chi connectivity index (χ1) is 12.3. The molecule has 1 aromatic rings. The van der Waals surface area contributed by atoms with E-state index in [0.717, 1.165) is 57.2 Å². The van der Waals surface area contributed by atoms with Gasteiger partial charge in [-0.05, 0) is 49.8 Å². The quantitative estimate of drug-likeness (QED) is 0.863. The van der Waals surface area contributed by atoms with Gasteiger partial charge in [0, 0.05) is 50.7 Å². The molecule has 2 aliphatic heterocycles. The minimum Gasteiger partial charge on any atom is -0.378 e. The molecule has 1 atom stereocenters. The van der Waals surface area contributed by atoms with Crippen LogP contribution in [0.1, 0.15) is 32.1 Å². The molecule has 1 N–H and O–H groups in total. The molecule has 3 aliphatic rings. The molecule has 5 nitrogen and oxygen atoms in total. The van der Waals surface area contributed by atoms with Crippen LogP contribution in [-0.2, 0) is 9.53 Å². The van der Waals surface area contributed by atoms with Gasteiger partial charge in [0.2, 0.25) is 5.91 Å². The summed E-state index contributed by atoms with van der Waals surface area (Å²) >= 11 is 0. The second kappa shape index (κ2) is 7.75. The van der Waals surface area contributed by atoms with Crippen molar-refractivity contribution < 1.29 is 9.53 Å². The van der Waals surface area contributed by atoms with Crippen LogP contribution in [0.2, 0.25) is 0 Å². The van der Waals surface area contributed by atoms with Crippen LogP contribution >= 0.6 is 0 Å². The Bertz CT molecular complexity index is 588. The third-order valence-electron chi connectivity index (χ3n) is 5.52. The number of carbonyl (C=O) groups is 1. The lowest BCUT2D eigenvalue weighted by Gasteiger charge is -2.36. The molecule has 4 rings (SSSR count). The molecule has 0 spiro atoms. The second-order valence-corrected chi connectivity index (χ2v) is 7.67. The highest BCUT2D eigenvalue weighted by atomic mass is 16.5. The number of carbonyl (C=O) groups excluding carboxylic acids is 1. The molecule has 1 aromatic carbocycles. The minimum atomic E-state index is 0.0540. The maximum absolute atomic E-state index is 12.2. The summed E-state index contributed by atoms with van der Waals surface area (Å²) in [5.41, 5.74) is 2.10. The SMILES string of the molecule is O=C(C[C@H]1CCCO1)Nc1cccc(N2CCN(CC3CC3)CC2)c1. The number of amides is 1. The van der Waals surface area contributed by atoms with E-state index in [1.807, 2.05) is 12.1 Å². The molecule has 0 aromatic heterocycles. The summed E-state index contributed by atoms with van der Waals surface area (Å²) in [7, 11) is 0. The molecule has 2 saturated heterocycles. The molecule has 0 bridgehead atoms. The van der Waals surface area contributed by atoms with Crippen molar-refractivity contribution in [2.45, 2.75) is 38.2 Å². The number of piperazine rings is 1. The van der Waals surface area contributed by atoms with E-state index in [4.69, 9.17) is 4.74 Å². The maximum Gasteiger partial charge on any atom is 0.226 e. The first kappa shape index (κ1) is 16.9. The first-order valence-corrected chi connectivity index (χ1v) is 9.75. The van der Waals surface area contributed by atoms with Gasteiger partial charge in [0.1, 0.15) is 0 Å². The Morgan fingerprint density at radius 2 is 2.00 bits per heavy atom.